The molecule has 0 spiro atoms. The smallest absolute Gasteiger partial charge is 0.390 e. The number of aromatic nitrogens is 4. The second kappa shape index (κ2) is 14.1. The molecular formula is C16H30N6O16P4. The Morgan fingerprint density at radius 1 is 0.976 bits per heavy atom. The minimum absolute atomic E-state index is 0.0144. The molecule has 1 aliphatic rings. The highest BCUT2D eigenvalue weighted by atomic mass is 31.3. The number of nitrogens with zero attached hydrogens (tertiary/aromatic N) is 3. The van der Waals surface area contributed by atoms with Gasteiger partial charge in [-0.1, -0.05) is 12.8 Å². The van der Waals surface area contributed by atoms with E-state index in [0.717, 1.165) is 0 Å². The molecule has 240 valence electrons. The first-order valence-corrected chi connectivity index (χ1v) is 17.9. The Kier molecular flexibility index (Phi) is 11.8. The zero-order valence-electron chi connectivity index (χ0n) is 21.5. The topological polar surface area (TPSA) is 340 Å². The summed E-state index contributed by atoms with van der Waals surface area (Å²) < 4.78 is 75.5. The van der Waals surface area contributed by atoms with Crippen LogP contribution in [0.4, 0.5) is 5.95 Å². The number of hydrogen-bond acceptors (Lipinski definition) is 16. The van der Waals surface area contributed by atoms with E-state index in [1.807, 2.05) is 0 Å². The summed E-state index contributed by atoms with van der Waals surface area (Å²) in [4.78, 5) is 60.7. The minimum atomic E-state index is -5.98. The molecule has 1 fully saturated rings. The fourth-order valence-electron chi connectivity index (χ4n) is 3.61. The third-order valence-corrected chi connectivity index (χ3v) is 11.3. The zero-order chi connectivity index (χ0) is 31.3. The lowest BCUT2D eigenvalue weighted by Gasteiger charge is -2.21. The molecule has 1 aliphatic heterocycles. The largest absolute Gasteiger partial charge is 0.490 e. The van der Waals surface area contributed by atoms with Crippen molar-refractivity contribution in [1.29, 1.82) is 0 Å². The Morgan fingerprint density at radius 2 is 1.57 bits per heavy atom. The molecule has 2 aromatic rings. The molecule has 42 heavy (non-hydrogen) atoms. The summed E-state index contributed by atoms with van der Waals surface area (Å²) in [6, 6.07) is 0. The molecule has 0 aromatic carbocycles. The van der Waals surface area contributed by atoms with Crippen molar-refractivity contribution in [2.24, 2.45) is 5.73 Å². The molecule has 0 radical (unpaired) electrons. The number of ether oxygens (including phenoxy) is 1. The van der Waals surface area contributed by atoms with E-state index in [0.29, 0.717) is 25.8 Å². The van der Waals surface area contributed by atoms with E-state index in [2.05, 4.69) is 36.9 Å². The Balaban J connectivity index is 1.53. The molecule has 0 saturated carbocycles. The van der Waals surface area contributed by atoms with Gasteiger partial charge in [0.15, 0.2) is 11.2 Å². The fraction of sp³-hybridized carbons (Fsp3) is 0.688. The molecule has 1 saturated heterocycles. The number of aliphatic hydroxyl groups excluding tert-OH is 1. The highest BCUT2D eigenvalue weighted by Gasteiger charge is 2.46. The number of hydrogen-bond donors (Lipinski definition) is 8. The summed E-state index contributed by atoms with van der Waals surface area (Å²) in [5, 5.41) is 10.3. The number of nitrogens with one attached hydrogen (secondary N) is 1. The number of imidazole rings is 1. The summed E-state index contributed by atoms with van der Waals surface area (Å²) in [5.74, 6) is -0.220. The van der Waals surface area contributed by atoms with E-state index in [-0.39, 0.29) is 36.6 Å². The van der Waals surface area contributed by atoms with Crippen LogP contribution in [0.2, 0.25) is 0 Å². The number of fused-ring (bicyclic) bond motifs is 1. The standard InChI is InChI=1S/C16H30N6O16P4/c17-5-3-1-2-4-6-33-39(25,26)36-41(29,30)38-42(31,32)37-40(27,28)34-8-11-10(23)7-12(35-11)22-9-19-13-14(22)20-16(18)21-15(13)24/h9-12,23H,1-8,17H2,(H,25,26)(H,27,28)(H,29,30)(H,31,32)(H3,18,20,21,24)/t10-,11?,12-/m1/s1. The van der Waals surface area contributed by atoms with E-state index >= 15 is 0 Å². The average molecular weight is 686 g/mol. The van der Waals surface area contributed by atoms with Crippen molar-refractivity contribution in [2.75, 3.05) is 25.5 Å². The van der Waals surface area contributed by atoms with Crippen LogP contribution in [0.5, 0.6) is 0 Å². The number of nitrogen functional groups attached to an aromatic ring is 1. The molecule has 22 nitrogen and oxygen atoms in total. The number of anilines is 1. The third kappa shape index (κ3) is 10.3. The molecule has 7 atom stereocenters. The van der Waals surface area contributed by atoms with Crippen LogP contribution >= 0.6 is 31.3 Å². The molecule has 0 amide bonds. The first-order valence-electron chi connectivity index (χ1n) is 11.9. The number of phosphoric acid groups is 4. The average Bonchev–Trinajstić information content (AvgIpc) is 3.40. The molecule has 0 bridgehead atoms. The maximum atomic E-state index is 12.2. The molecule has 3 rings (SSSR count). The number of aliphatic hydroxyl groups is 1. The summed E-state index contributed by atoms with van der Waals surface area (Å²) in [5.41, 5.74) is 10.2. The molecule has 10 N–H and O–H groups in total. The van der Waals surface area contributed by atoms with Gasteiger partial charge < -0.3 is 40.9 Å². The predicted molar refractivity (Wildman–Crippen MR) is 139 cm³/mol. The van der Waals surface area contributed by atoms with Crippen LogP contribution < -0.4 is 17.0 Å². The van der Waals surface area contributed by atoms with Crippen LogP contribution in [-0.2, 0) is 45.0 Å². The molecule has 3 heterocycles. The van der Waals surface area contributed by atoms with Crippen molar-refractivity contribution in [1.82, 2.24) is 19.5 Å². The first-order chi connectivity index (χ1) is 19.4. The van der Waals surface area contributed by atoms with Gasteiger partial charge in [-0.05, 0) is 19.4 Å². The van der Waals surface area contributed by atoms with Gasteiger partial charge in [0.1, 0.15) is 12.3 Å². The molecule has 26 heteroatoms. The van der Waals surface area contributed by atoms with Gasteiger partial charge in [0.2, 0.25) is 5.95 Å². The van der Waals surface area contributed by atoms with Crippen molar-refractivity contribution in [3.05, 3.63) is 16.7 Å². The maximum absolute atomic E-state index is 12.2. The SMILES string of the molecule is NCCCCCCOP(=O)(O)OP(=O)(O)OP(=O)(O)OP(=O)(O)OCC1O[C@@H](n2cnc3c(=O)[nH]c(N)nc32)C[C@H]1O. The molecule has 5 unspecified atom stereocenters. The predicted octanol–water partition coefficient (Wildman–Crippen LogP) is 0.354. The van der Waals surface area contributed by atoms with Crippen LogP contribution in [0.25, 0.3) is 11.2 Å². The normalized spacial score (nSPS) is 25.0. The number of aromatic amines is 1. The quantitative estimate of drug-likeness (QED) is 0.0822. The zero-order valence-corrected chi connectivity index (χ0v) is 25.1. The van der Waals surface area contributed by atoms with Gasteiger partial charge in [-0.3, -0.25) is 23.4 Å². The highest BCUT2D eigenvalue weighted by Crippen LogP contribution is 2.71. The van der Waals surface area contributed by atoms with Crippen LogP contribution in [0.3, 0.4) is 0 Å². The number of unbranched alkanes of at least 4 members (excludes halogenated alkanes) is 3. The molecule has 2 aromatic heterocycles. The minimum Gasteiger partial charge on any atom is -0.390 e. The van der Waals surface area contributed by atoms with E-state index in [9.17, 15) is 47.7 Å². The van der Waals surface area contributed by atoms with Crippen molar-refractivity contribution >= 4 is 48.4 Å². The number of phosphoric ester groups is 2. The third-order valence-electron chi connectivity index (χ3n) is 5.34. The lowest BCUT2D eigenvalue weighted by Crippen LogP contribution is -2.26. The van der Waals surface area contributed by atoms with Gasteiger partial charge in [-0.15, -0.1) is 0 Å². The summed E-state index contributed by atoms with van der Waals surface area (Å²) in [6.45, 7) is -0.866. The van der Waals surface area contributed by atoms with Crippen molar-refractivity contribution in [2.45, 2.75) is 50.5 Å². The van der Waals surface area contributed by atoms with Gasteiger partial charge in [0.05, 0.1) is 25.6 Å². The second-order valence-corrected chi connectivity index (χ2v) is 14.9. The van der Waals surface area contributed by atoms with Gasteiger partial charge in [-0.25, -0.2) is 23.2 Å². The molecule has 0 aliphatic carbocycles. The highest BCUT2D eigenvalue weighted by molar-refractivity contribution is 7.69. The van der Waals surface area contributed by atoms with Gasteiger partial charge in [0, 0.05) is 6.42 Å². The molecular weight excluding hydrogens is 656 g/mol. The van der Waals surface area contributed by atoms with E-state index in [4.69, 9.17) is 16.2 Å². The number of H-pyrrole nitrogens is 1. The van der Waals surface area contributed by atoms with Crippen LogP contribution in [0, 0.1) is 0 Å². The second-order valence-electron chi connectivity index (χ2n) is 8.66. The Labute approximate surface area is 236 Å². The summed E-state index contributed by atoms with van der Waals surface area (Å²) >= 11 is 0. The lowest BCUT2D eigenvalue weighted by molar-refractivity contribution is -0.0423. The van der Waals surface area contributed by atoms with Gasteiger partial charge >= 0.3 is 31.3 Å². The Hall–Kier alpha value is -1.41. The lowest BCUT2D eigenvalue weighted by atomic mass is 10.2. The van der Waals surface area contributed by atoms with Crippen LogP contribution in [-0.4, -0.2) is 76.2 Å². The van der Waals surface area contributed by atoms with Crippen molar-refractivity contribution in [3.63, 3.8) is 0 Å². The number of rotatable bonds is 17. The van der Waals surface area contributed by atoms with Crippen LogP contribution in [0.1, 0.15) is 38.3 Å². The van der Waals surface area contributed by atoms with Crippen molar-refractivity contribution in [3.8, 4) is 0 Å². The van der Waals surface area contributed by atoms with Crippen molar-refractivity contribution < 1.29 is 69.7 Å². The van der Waals surface area contributed by atoms with E-state index < -0.39 is 61.9 Å². The maximum Gasteiger partial charge on any atom is 0.490 e. The van der Waals surface area contributed by atoms with E-state index in [1.54, 1.807) is 0 Å². The van der Waals surface area contributed by atoms with E-state index in [1.165, 1.54) is 10.9 Å². The fourth-order valence-corrected chi connectivity index (χ4v) is 8.58. The summed E-state index contributed by atoms with van der Waals surface area (Å²) in [7, 11) is -22.7. The van der Waals surface area contributed by atoms with Gasteiger partial charge in [0.25, 0.3) is 5.56 Å². The summed E-state index contributed by atoms with van der Waals surface area (Å²) in [6.07, 6.45) is -0.450. The Morgan fingerprint density at radius 3 is 2.21 bits per heavy atom. The number of nitrogens with two attached hydrogens (primary N) is 2. The first kappa shape index (κ1) is 35.1. The Bertz CT molecular complexity index is 1480. The monoisotopic (exact) mass is 686 g/mol. The van der Waals surface area contributed by atoms with Crippen LogP contribution in [0.15, 0.2) is 11.1 Å². The van der Waals surface area contributed by atoms with Gasteiger partial charge in [-0.2, -0.15) is 17.9 Å².